The number of pyridine rings is 1. The Morgan fingerprint density at radius 2 is 1.86 bits per heavy atom. The fourth-order valence-corrected chi connectivity index (χ4v) is 4.25. The zero-order chi connectivity index (χ0) is 25.1. The number of hydrogen-bond donors (Lipinski definition) is 2. The number of benzene rings is 2. The minimum absolute atomic E-state index is 0.0818. The van der Waals surface area contributed by atoms with Gasteiger partial charge in [-0.2, -0.15) is 0 Å². The lowest BCUT2D eigenvalue weighted by Crippen LogP contribution is -2.25. The number of aryl methyl sites for hydroxylation is 1. The number of carboxylic acids is 1. The number of H-pyrrole nitrogens is 1. The number of carboxylic acid groups (broad SMARTS) is 1. The second-order valence-corrected chi connectivity index (χ2v) is 8.28. The SMILES string of the molecule is CCCc1cn(-c2ccccc2C(=O)O)c(=O)n1Cc1ccc(-c2cccnc2-c2nnn[nH]2)cc1. The van der Waals surface area contributed by atoms with Crippen molar-refractivity contribution in [2.75, 3.05) is 0 Å². The monoisotopic (exact) mass is 481 g/mol. The summed E-state index contributed by atoms with van der Waals surface area (Å²) in [6.45, 7) is 2.41. The molecule has 0 fully saturated rings. The zero-order valence-corrected chi connectivity index (χ0v) is 19.5. The topological polar surface area (TPSA) is 132 Å². The van der Waals surface area contributed by atoms with Gasteiger partial charge in [-0.05, 0) is 46.2 Å². The molecule has 5 rings (SSSR count). The number of carbonyl (C=O) groups is 1. The number of nitrogens with one attached hydrogen (secondary N) is 1. The molecular weight excluding hydrogens is 458 g/mol. The van der Waals surface area contributed by atoms with E-state index in [1.54, 1.807) is 35.2 Å². The smallest absolute Gasteiger partial charge is 0.337 e. The van der Waals surface area contributed by atoms with Crippen molar-refractivity contribution in [2.24, 2.45) is 0 Å². The van der Waals surface area contributed by atoms with Crippen LogP contribution in [0.3, 0.4) is 0 Å². The Bertz CT molecular complexity index is 1570. The van der Waals surface area contributed by atoms with E-state index in [0.717, 1.165) is 28.8 Å². The molecule has 10 heteroatoms. The Morgan fingerprint density at radius 1 is 1.06 bits per heavy atom. The van der Waals surface area contributed by atoms with E-state index in [-0.39, 0.29) is 11.3 Å². The third-order valence-electron chi connectivity index (χ3n) is 5.94. The predicted molar refractivity (Wildman–Crippen MR) is 133 cm³/mol. The molecule has 0 aliphatic heterocycles. The lowest BCUT2D eigenvalue weighted by molar-refractivity contribution is 0.0697. The van der Waals surface area contributed by atoms with Crippen LogP contribution in [-0.2, 0) is 13.0 Å². The average molecular weight is 482 g/mol. The van der Waals surface area contributed by atoms with Crippen LogP contribution in [0.15, 0.2) is 77.9 Å². The van der Waals surface area contributed by atoms with Crippen molar-refractivity contribution in [1.29, 1.82) is 0 Å². The molecular formula is C26H23N7O3. The summed E-state index contributed by atoms with van der Waals surface area (Å²) in [5.74, 6) is -0.595. The lowest BCUT2D eigenvalue weighted by atomic mass is 10.0. The van der Waals surface area contributed by atoms with Crippen molar-refractivity contribution >= 4 is 5.97 Å². The van der Waals surface area contributed by atoms with Crippen molar-refractivity contribution in [3.63, 3.8) is 0 Å². The Morgan fingerprint density at radius 3 is 2.58 bits per heavy atom. The molecule has 3 heterocycles. The largest absolute Gasteiger partial charge is 0.478 e. The first-order valence-electron chi connectivity index (χ1n) is 11.5. The van der Waals surface area contributed by atoms with Crippen LogP contribution in [0.25, 0.3) is 28.3 Å². The second-order valence-electron chi connectivity index (χ2n) is 8.28. The van der Waals surface area contributed by atoms with Crippen molar-refractivity contribution in [3.8, 4) is 28.3 Å². The average Bonchev–Trinajstić information content (AvgIpc) is 3.54. The summed E-state index contributed by atoms with van der Waals surface area (Å²) in [6, 6.07) is 18.2. The fourth-order valence-electron chi connectivity index (χ4n) is 4.25. The highest BCUT2D eigenvalue weighted by atomic mass is 16.4. The molecule has 0 amide bonds. The highest BCUT2D eigenvalue weighted by molar-refractivity contribution is 5.91. The number of hydrogen-bond acceptors (Lipinski definition) is 6. The van der Waals surface area contributed by atoms with Gasteiger partial charge in [0.15, 0.2) is 5.82 Å². The fraction of sp³-hybridized carbons (Fsp3) is 0.154. The summed E-state index contributed by atoms with van der Waals surface area (Å²) in [5, 5.41) is 23.6. The minimum atomic E-state index is -1.08. The summed E-state index contributed by atoms with van der Waals surface area (Å²) >= 11 is 0. The van der Waals surface area contributed by atoms with E-state index in [9.17, 15) is 14.7 Å². The van der Waals surface area contributed by atoms with Gasteiger partial charge in [0.2, 0.25) is 0 Å². The first-order valence-corrected chi connectivity index (χ1v) is 11.5. The van der Waals surface area contributed by atoms with Crippen LogP contribution in [0.5, 0.6) is 0 Å². The maximum Gasteiger partial charge on any atom is 0.337 e. The van der Waals surface area contributed by atoms with Crippen LogP contribution in [0, 0.1) is 0 Å². The number of nitrogens with zero attached hydrogens (tertiary/aromatic N) is 6. The summed E-state index contributed by atoms with van der Waals surface area (Å²) in [7, 11) is 0. The van der Waals surface area contributed by atoms with Gasteiger partial charge in [-0.3, -0.25) is 14.1 Å². The normalized spacial score (nSPS) is 11.0. The van der Waals surface area contributed by atoms with E-state index in [0.29, 0.717) is 30.2 Å². The van der Waals surface area contributed by atoms with Crippen molar-refractivity contribution in [1.82, 2.24) is 34.7 Å². The van der Waals surface area contributed by atoms with Crippen LogP contribution < -0.4 is 5.69 Å². The summed E-state index contributed by atoms with van der Waals surface area (Å²) in [5.41, 5.74) is 4.41. The highest BCUT2D eigenvalue weighted by Crippen LogP contribution is 2.28. The molecule has 0 aliphatic carbocycles. The summed E-state index contributed by atoms with van der Waals surface area (Å²) in [4.78, 5) is 29.6. The molecule has 3 aromatic heterocycles. The number of rotatable bonds is 8. The van der Waals surface area contributed by atoms with E-state index in [4.69, 9.17) is 0 Å². The van der Waals surface area contributed by atoms with Crippen molar-refractivity contribution in [2.45, 2.75) is 26.3 Å². The van der Waals surface area contributed by atoms with E-state index in [2.05, 4.69) is 25.6 Å². The lowest BCUT2D eigenvalue weighted by Gasteiger charge is -2.09. The highest BCUT2D eigenvalue weighted by Gasteiger charge is 2.18. The van der Waals surface area contributed by atoms with E-state index in [1.807, 2.05) is 43.3 Å². The molecule has 0 bridgehead atoms. The number of aromatic amines is 1. The van der Waals surface area contributed by atoms with Gasteiger partial charge in [0.25, 0.3) is 0 Å². The molecule has 0 atom stereocenters. The van der Waals surface area contributed by atoms with Gasteiger partial charge < -0.3 is 5.11 Å². The number of tetrazole rings is 1. The molecule has 0 unspecified atom stereocenters. The van der Waals surface area contributed by atoms with E-state index in [1.165, 1.54) is 10.6 Å². The van der Waals surface area contributed by atoms with Gasteiger partial charge in [-0.25, -0.2) is 14.7 Å². The first-order chi connectivity index (χ1) is 17.6. The van der Waals surface area contributed by atoms with Gasteiger partial charge >= 0.3 is 11.7 Å². The summed E-state index contributed by atoms with van der Waals surface area (Å²) < 4.78 is 3.13. The van der Waals surface area contributed by atoms with Gasteiger partial charge in [0.05, 0.1) is 17.8 Å². The van der Waals surface area contributed by atoms with E-state index >= 15 is 0 Å². The van der Waals surface area contributed by atoms with Gasteiger partial charge in [-0.1, -0.05) is 55.8 Å². The first kappa shape index (κ1) is 22.9. The molecule has 0 aliphatic rings. The third kappa shape index (κ3) is 4.31. The van der Waals surface area contributed by atoms with Crippen LogP contribution in [0.2, 0.25) is 0 Å². The quantitative estimate of drug-likeness (QED) is 0.346. The molecule has 0 radical (unpaired) electrons. The molecule has 0 spiro atoms. The van der Waals surface area contributed by atoms with E-state index < -0.39 is 5.97 Å². The maximum atomic E-state index is 13.4. The Hall–Kier alpha value is -4.86. The maximum absolute atomic E-state index is 13.4. The molecule has 10 nitrogen and oxygen atoms in total. The standard InChI is InChI=1S/C26H23N7O3/c1-2-6-19-16-33(22-9-4-3-7-21(22)25(34)35)26(36)32(19)15-17-10-12-18(13-11-17)20-8-5-14-27-23(20)24-28-30-31-29-24/h3-5,7-14,16H,2,6,15H2,1H3,(H,34,35)(H,28,29,30,31). The minimum Gasteiger partial charge on any atom is -0.478 e. The summed E-state index contributed by atoms with van der Waals surface area (Å²) in [6.07, 6.45) is 4.98. The number of aromatic nitrogens is 7. The van der Waals surface area contributed by atoms with Crippen LogP contribution in [-0.4, -0.2) is 45.8 Å². The number of aromatic carboxylic acids is 1. The Kier molecular flexibility index (Phi) is 6.23. The molecule has 36 heavy (non-hydrogen) atoms. The predicted octanol–water partition coefficient (Wildman–Crippen LogP) is 3.58. The van der Waals surface area contributed by atoms with Crippen LogP contribution >= 0.6 is 0 Å². The molecule has 5 aromatic rings. The second kappa shape index (κ2) is 9.79. The Labute approximate surface area is 205 Å². The molecule has 0 saturated carbocycles. The van der Waals surface area contributed by atoms with Crippen LogP contribution in [0.4, 0.5) is 0 Å². The van der Waals surface area contributed by atoms with Gasteiger partial charge in [0, 0.05) is 23.7 Å². The van der Waals surface area contributed by atoms with Crippen molar-refractivity contribution < 1.29 is 9.90 Å². The Balaban J connectivity index is 1.49. The van der Waals surface area contributed by atoms with Crippen molar-refractivity contribution in [3.05, 3.63) is 100 Å². The molecule has 0 saturated heterocycles. The molecule has 2 N–H and O–H groups in total. The third-order valence-corrected chi connectivity index (χ3v) is 5.94. The zero-order valence-electron chi connectivity index (χ0n) is 19.5. The molecule has 2 aromatic carbocycles. The van der Waals surface area contributed by atoms with Crippen LogP contribution in [0.1, 0.15) is 35.0 Å². The molecule has 180 valence electrons. The number of imidazole rings is 1. The van der Waals surface area contributed by atoms with Gasteiger partial charge in [-0.15, -0.1) is 5.10 Å². The van der Waals surface area contributed by atoms with Gasteiger partial charge in [0.1, 0.15) is 5.69 Å². The number of para-hydroxylation sites is 1.